The molecular formula is C23H23N3O6S. The van der Waals surface area contributed by atoms with Gasteiger partial charge in [-0.15, -0.1) is 0 Å². The number of carbonyl (C=O) groups excluding carboxylic acids is 1. The fraction of sp³-hybridized carbons (Fsp3) is 0.217. The molecule has 0 unspecified atom stereocenters. The van der Waals surface area contributed by atoms with Gasteiger partial charge in [-0.25, -0.2) is 13.2 Å². The summed E-state index contributed by atoms with van der Waals surface area (Å²) >= 11 is 0. The van der Waals surface area contributed by atoms with Crippen LogP contribution in [0.2, 0.25) is 0 Å². The predicted molar refractivity (Wildman–Crippen MR) is 123 cm³/mol. The summed E-state index contributed by atoms with van der Waals surface area (Å²) in [5.41, 5.74) is 1.62. The number of carbonyl (C=O) groups is 1. The molecule has 0 aliphatic heterocycles. The van der Waals surface area contributed by atoms with Crippen LogP contribution in [-0.4, -0.2) is 44.4 Å². The Bertz CT molecular complexity index is 1450. The fourth-order valence-corrected chi connectivity index (χ4v) is 4.78. The summed E-state index contributed by atoms with van der Waals surface area (Å²) in [6.45, 7) is 1.06. The molecule has 10 heteroatoms. The maximum absolute atomic E-state index is 12.9. The Kier molecular flexibility index (Phi) is 6.21. The lowest BCUT2D eigenvalue weighted by Gasteiger charge is -2.10. The molecule has 33 heavy (non-hydrogen) atoms. The molecule has 9 nitrogen and oxygen atoms in total. The predicted octanol–water partition coefficient (Wildman–Crippen LogP) is 2.98. The van der Waals surface area contributed by atoms with Gasteiger partial charge in [0.05, 0.1) is 22.4 Å². The molecule has 1 amide bonds. The van der Waals surface area contributed by atoms with Gasteiger partial charge in [0, 0.05) is 24.3 Å². The van der Waals surface area contributed by atoms with Crippen LogP contribution in [0.3, 0.4) is 0 Å². The number of nitrogens with one attached hydrogen (secondary N) is 1. The van der Waals surface area contributed by atoms with E-state index in [0.717, 1.165) is 0 Å². The smallest absolute Gasteiger partial charge is 0.419 e. The number of hydrogen-bond donors (Lipinski definition) is 1. The van der Waals surface area contributed by atoms with Crippen LogP contribution in [0.25, 0.3) is 11.1 Å². The van der Waals surface area contributed by atoms with Crippen molar-refractivity contribution in [2.24, 2.45) is 0 Å². The zero-order valence-electron chi connectivity index (χ0n) is 18.1. The first-order valence-electron chi connectivity index (χ1n) is 10.2. The van der Waals surface area contributed by atoms with Crippen LogP contribution in [0.4, 0.5) is 5.69 Å². The van der Waals surface area contributed by atoms with E-state index in [1.54, 1.807) is 36.4 Å². The highest BCUT2D eigenvalue weighted by Gasteiger charge is 2.23. The summed E-state index contributed by atoms with van der Waals surface area (Å²) in [4.78, 5) is 27.2. The van der Waals surface area contributed by atoms with E-state index in [0.29, 0.717) is 29.9 Å². The van der Waals surface area contributed by atoms with Gasteiger partial charge < -0.3 is 19.1 Å². The average Bonchev–Trinajstić information content (AvgIpc) is 3.35. The van der Waals surface area contributed by atoms with E-state index < -0.39 is 21.5 Å². The van der Waals surface area contributed by atoms with Gasteiger partial charge in [-0.05, 0) is 50.5 Å². The third kappa shape index (κ3) is 4.91. The Labute approximate surface area is 190 Å². The maximum Gasteiger partial charge on any atom is 0.419 e. The van der Waals surface area contributed by atoms with Crippen LogP contribution < -0.4 is 11.1 Å². The lowest BCUT2D eigenvalue weighted by molar-refractivity contribution is 0.0996. The van der Waals surface area contributed by atoms with Gasteiger partial charge in [0.1, 0.15) is 0 Å². The van der Waals surface area contributed by atoms with Crippen molar-refractivity contribution in [2.45, 2.75) is 17.2 Å². The van der Waals surface area contributed by atoms with Gasteiger partial charge in [-0.1, -0.05) is 18.2 Å². The number of anilines is 1. The van der Waals surface area contributed by atoms with Gasteiger partial charge in [-0.2, -0.15) is 0 Å². The first kappa shape index (κ1) is 22.6. The molecule has 2 heterocycles. The topological polar surface area (TPSA) is 115 Å². The number of benzene rings is 2. The van der Waals surface area contributed by atoms with Crippen molar-refractivity contribution < 1.29 is 22.0 Å². The van der Waals surface area contributed by atoms with Crippen molar-refractivity contribution in [2.75, 3.05) is 26.0 Å². The second-order valence-corrected chi connectivity index (χ2v) is 9.80. The molecule has 0 radical (unpaired) electrons. The molecule has 2 aromatic heterocycles. The molecule has 0 bridgehead atoms. The van der Waals surface area contributed by atoms with Crippen LogP contribution in [0, 0.1) is 0 Å². The van der Waals surface area contributed by atoms with Crippen molar-refractivity contribution in [3.63, 3.8) is 0 Å². The zero-order valence-corrected chi connectivity index (χ0v) is 19.0. The number of furan rings is 1. The number of sulfone groups is 1. The highest BCUT2D eigenvalue weighted by atomic mass is 32.2. The lowest BCUT2D eigenvalue weighted by atomic mass is 10.2. The van der Waals surface area contributed by atoms with E-state index >= 15 is 0 Å². The van der Waals surface area contributed by atoms with Crippen LogP contribution in [0.5, 0.6) is 0 Å². The molecule has 0 atom stereocenters. The Morgan fingerprint density at radius 1 is 1.09 bits per heavy atom. The Balaban J connectivity index is 1.57. The first-order chi connectivity index (χ1) is 15.7. The summed E-state index contributed by atoms with van der Waals surface area (Å²) in [5.74, 6) is -1.54. The van der Waals surface area contributed by atoms with E-state index in [4.69, 9.17) is 8.83 Å². The van der Waals surface area contributed by atoms with E-state index in [1.165, 1.54) is 29.0 Å². The third-order valence-corrected chi connectivity index (χ3v) is 6.78. The molecule has 4 rings (SSSR count). The van der Waals surface area contributed by atoms with Crippen molar-refractivity contribution in [3.8, 4) is 0 Å². The summed E-state index contributed by atoms with van der Waals surface area (Å²) in [6.07, 6.45) is 1.28. The van der Waals surface area contributed by atoms with Crippen LogP contribution >= 0.6 is 0 Å². The summed E-state index contributed by atoms with van der Waals surface area (Å²) < 4.78 is 37.5. The highest BCUT2D eigenvalue weighted by molar-refractivity contribution is 7.90. The zero-order chi connectivity index (χ0) is 23.6. The molecule has 4 aromatic rings. The molecule has 0 saturated carbocycles. The highest BCUT2D eigenvalue weighted by Crippen LogP contribution is 2.23. The monoisotopic (exact) mass is 469 g/mol. The standard InChI is InChI=1S/C23H23N3O6S/c1-25(2)11-12-26-19-14-17(8-9-20(19)32-23(26)28)24-22(27)21-16(10-13-31-21)15-33(29,30)18-6-4-3-5-7-18/h3-10,13-14H,11-12,15H2,1-2H3,(H,24,27). The van der Waals surface area contributed by atoms with Gasteiger partial charge in [-0.3, -0.25) is 9.36 Å². The second kappa shape index (κ2) is 9.08. The van der Waals surface area contributed by atoms with Crippen molar-refractivity contribution in [1.82, 2.24) is 9.47 Å². The number of aromatic nitrogens is 1. The molecule has 172 valence electrons. The molecule has 0 fully saturated rings. The second-order valence-electron chi connectivity index (χ2n) is 7.81. The number of oxazole rings is 1. The van der Waals surface area contributed by atoms with E-state index in [2.05, 4.69) is 5.32 Å². The molecule has 0 spiro atoms. The van der Waals surface area contributed by atoms with Crippen LogP contribution in [-0.2, 0) is 22.1 Å². The summed E-state index contributed by atoms with van der Waals surface area (Å²) in [7, 11) is 0.150. The average molecular weight is 470 g/mol. The Hall–Kier alpha value is -3.63. The molecule has 2 aromatic carbocycles. The lowest BCUT2D eigenvalue weighted by Crippen LogP contribution is -2.23. The first-order valence-corrected chi connectivity index (χ1v) is 11.8. The quantitative estimate of drug-likeness (QED) is 0.422. The van der Waals surface area contributed by atoms with Gasteiger partial charge >= 0.3 is 5.76 Å². The number of nitrogens with zero attached hydrogens (tertiary/aromatic N) is 2. The molecular weight excluding hydrogens is 446 g/mol. The normalized spacial score (nSPS) is 11.8. The molecule has 0 aliphatic carbocycles. The largest absolute Gasteiger partial charge is 0.459 e. The minimum Gasteiger partial charge on any atom is -0.459 e. The van der Waals surface area contributed by atoms with E-state index in [1.807, 2.05) is 19.0 Å². The van der Waals surface area contributed by atoms with Crippen molar-refractivity contribution in [1.29, 1.82) is 0 Å². The number of rotatable bonds is 8. The van der Waals surface area contributed by atoms with E-state index in [9.17, 15) is 18.0 Å². The van der Waals surface area contributed by atoms with E-state index in [-0.39, 0.29) is 22.0 Å². The van der Waals surface area contributed by atoms with Crippen molar-refractivity contribution in [3.05, 3.63) is 82.7 Å². The SMILES string of the molecule is CN(C)CCn1c(=O)oc2ccc(NC(=O)c3occc3CS(=O)(=O)c3ccccc3)cc21. The van der Waals surface area contributed by atoms with Crippen LogP contribution in [0.15, 0.2) is 79.4 Å². The Morgan fingerprint density at radius 2 is 1.85 bits per heavy atom. The molecule has 0 saturated heterocycles. The van der Waals surface area contributed by atoms with Gasteiger partial charge in [0.2, 0.25) is 0 Å². The minimum atomic E-state index is -3.65. The molecule has 0 aliphatic rings. The fourth-order valence-electron chi connectivity index (χ4n) is 3.40. The number of likely N-dealkylation sites (N-methyl/N-ethyl adjacent to an activating group) is 1. The minimum absolute atomic E-state index is 0.0909. The molecule has 1 N–H and O–H groups in total. The van der Waals surface area contributed by atoms with Crippen molar-refractivity contribution >= 4 is 32.5 Å². The van der Waals surface area contributed by atoms with Crippen LogP contribution in [0.1, 0.15) is 16.1 Å². The number of hydrogen-bond acceptors (Lipinski definition) is 7. The third-order valence-electron chi connectivity index (χ3n) is 5.10. The number of amides is 1. The van der Waals surface area contributed by atoms with Gasteiger partial charge in [0.25, 0.3) is 5.91 Å². The number of fused-ring (bicyclic) bond motifs is 1. The summed E-state index contributed by atoms with van der Waals surface area (Å²) in [5, 5.41) is 2.71. The Morgan fingerprint density at radius 3 is 2.58 bits per heavy atom. The van der Waals surface area contributed by atoms with Gasteiger partial charge in [0.15, 0.2) is 21.2 Å². The summed E-state index contributed by atoms with van der Waals surface area (Å²) in [6, 6.07) is 14.3. The maximum atomic E-state index is 12.9.